The maximum absolute atomic E-state index is 14.1. The Morgan fingerprint density at radius 1 is 1.12 bits per heavy atom. The first-order valence-electron chi connectivity index (χ1n) is 7.75. The lowest BCUT2D eigenvalue weighted by Gasteiger charge is -2.07. The summed E-state index contributed by atoms with van der Waals surface area (Å²) in [5.74, 6) is -2.45. The van der Waals surface area contributed by atoms with Gasteiger partial charge in [0.1, 0.15) is 23.5 Å². The highest BCUT2D eigenvalue weighted by molar-refractivity contribution is 5.91. The molecule has 0 heterocycles. The van der Waals surface area contributed by atoms with E-state index in [0.717, 1.165) is 37.3 Å². The first-order chi connectivity index (χ1) is 11.5. The quantitative estimate of drug-likeness (QED) is 0.435. The molecule has 0 saturated carbocycles. The number of hydrogen-bond acceptors (Lipinski definition) is 3. The lowest BCUT2D eigenvalue weighted by atomic mass is 10.0. The second kappa shape index (κ2) is 8.21. The minimum Gasteiger partial charge on any atom is -0.423 e. The van der Waals surface area contributed by atoms with E-state index in [1.165, 1.54) is 24.3 Å². The van der Waals surface area contributed by atoms with Gasteiger partial charge in [-0.05, 0) is 42.7 Å². The van der Waals surface area contributed by atoms with E-state index < -0.39 is 17.6 Å². The van der Waals surface area contributed by atoms with E-state index in [4.69, 9.17) is 10.00 Å². The third kappa shape index (κ3) is 4.39. The highest BCUT2D eigenvalue weighted by atomic mass is 19.1. The van der Waals surface area contributed by atoms with Crippen LogP contribution >= 0.6 is 0 Å². The van der Waals surface area contributed by atoms with Crippen molar-refractivity contribution in [3.05, 3.63) is 64.7 Å². The third-order valence-corrected chi connectivity index (χ3v) is 3.59. The molecule has 124 valence electrons. The van der Waals surface area contributed by atoms with Gasteiger partial charge in [-0.25, -0.2) is 13.6 Å². The summed E-state index contributed by atoms with van der Waals surface area (Å²) in [6, 6.07) is 9.47. The molecule has 0 saturated heterocycles. The average molecular weight is 329 g/mol. The van der Waals surface area contributed by atoms with Gasteiger partial charge in [-0.2, -0.15) is 5.26 Å². The largest absolute Gasteiger partial charge is 0.423 e. The number of hydrogen-bond donors (Lipinski definition) is 0. The van der Waals surface area contributed by atoms with Crippen LogP contribution < -0.4 is 4.74 Å². The maximum atomic E-state index is 14.1. The van der Waals surface area contributed by atoms with Crippen LogP contribution in [0.25, 0.3) is 0 Å². The van der Waals surface area contributed by atoms with Gasteiger partial charge in [0.25, 0.3) is 0 Å². The first kappa shape index (κ1) is 17.6. The number of nitriles is 1. The maximum Gasteiger partial charge on any atom is 0.346 e. The van der Waals surface area contributed by atoms with Crippen LogP contribution in [0.5, 0.6) is 5.75 Å². The first-order valence-corrected chi connectivity index (χ1v) is 7.75. The summed E-state index contributed by atoms with van der Waals surface area (Å²) in [5, 5.41) is 8.66. The number of halogens is 2. The van der Waals surface area contributed by atoms with Crippen LogP contribution in [-0.2, 0) is 6.42 Å². The van der Waals surface area contributed by atoms with Crippen LogP contribution in [0.15, 0.2) is 36.4 Å². The Bertz CT molecular complexity index is 781. The molecule has 0 atom stereocenters. The van der Waals surface area contributed by atoms with E-state index >= 15 is 0 Å². The van der Waals surface area contributed by atoms with Crippen LogP contribution in [0.3, 0.4) is 0 Å². The zero-order valence-electron chi connectivity index (χ0n) is 13.3. The molecule has 2 rings (SSSR count). The zero-order chi connectivity index (χ0) is 17.5. The number of benzene rings is 2. The molecule has 0 aliphatic heterocycles. The summed E-state index contributed by atoms with van der Waals surface area (Å²) in [5.41, 5.74) is 0.457. The molecule has 0 aliphatic rings. The molecule has 0 radical (unpaired) electrons. The highest BCUT2D eigenvalue weighted by Crippen LogP contribution is 2.19. The second-order valence-corrected chi connectivity index (χ2v) is 5.41. The Morgan fingerprint density at radius 2 is 1.92 bits per heavy atom. The van der Waals surface area contributed by atoms with Crippen molar-refractivity contribution in [3.8, 4) is 11.8 Å². The van der Waals surface area contributed by atoms with E-state index in [9.17, 15) is 13.6 Å². The van der Waals surface area contributed by atoms with Crippen LogP contribution in [-0.4, -0.2) is 5.97 Å². The van der Waals surface area contributed by atoms with Crippen molar-refractivity contribution in [2.45, 2.75) is 32.6 Å². The molecule has 24 heavy (non-hydrogen) atoms. The fourth-order valence-corrected chi connectivity index (χ4v) is 2.27. The third-order valence-electron chi connectivity index (χ3n) is 3.59. The lowest BCUT2D eigenvalue weighted by Crippen LogP contribution is -2.11. The Morgan fingerprint density at radius 3 is 2.54 bits per heavy atom. The molecule has 0 N–H and O–H groups in total. The molecule has 0 bridgehead atoms. The van der Waals surface area contributed by atoms with Crippen molar-refractivity contribution in [3.63, 3.8) is 0 Å². The zero-order valence-corrected chi connectivity index (χ0v) is 13.3. The van der Waals surface area contributed by atoms with Crippen LogP contribution in [0, 0.1) is 23.0 Å². The van der Waals surface area contributed by atoms with Crippen LogP contribution in [0.1, 0.15) is 47.7 Å². The topological polar surface area (TPSA) is 50.1 Å². The summed E-state index contributed by atoms with van der Waals surface area (Å²) in [6.45, 7) is 2.09. The van der Waals surface area contributed by atoms with Gasteiger partial charge >= 0.3 is 5.97 Å². The molecule has 0 aromatic heterocycles. The van der Waals surface area contributed by atoms with Crippen molar-refractivity contribution < 1.29 is 18.3 Å². The number of carbonyl (C=O) groups is 1. The molecule has 0 spiro atoms. The van der Waals surface area contributed by atoms with Crippen LogP contribution in [0.2, 0.25) is 0 Å². The molecule has 0 unspecified atom stereocenters. The normalized spacial score (nSPS) is 10.2. The molecular weight excluding hydrogens is 312 g/mol. The Hall–Kier alpha value is -2.74. The van der Waals surface area contributed by atoms with Gasteiger partial charge in [0.15, 0.2) is 0 Å². The molecule has 0 aliphatic carbocycles. The fourth-order valence-electron chi connectivity index (χ4n) is 2.27. The average Bonchev–Trinajstić information content (AvgIpc) is 2.55. The van der Waals surface area contributed by atoms with Crippen molar-refractivity contribution in [1.29, 1.82) is 5.26 Å². The Kier molecular flexibility index (Phi) is 6.02. The number of ether oxygens (including phenoxy) is 1. The number of rotatable bonds is 6. The molecular formula is C19H17F2NO2. The van der Waals surface area contributed by atoms with Gasteiger partial charge < -0.3 is 4.74 Å². The number of unbranched alkanes of at least 4 members (excludes halogenated alkanes) is 2. The lowest BCUT2D eigenvalue weighted by molar-refractivity contribution is 0.0729. The minimum atomic E-state index is -0.906. The monoisotopic (exact) mass is 329 g/mol. The van der Waals surface area contributed by atoms with E-state index in [0.29, 0.717) is 0 Å². The molecule has 0 amide bonds. The van der Waals surface area contributed by atoms with E-state index in [-0.39, 0.29) is 16.9 Å². The molecule has 2 aromatic rings. The van der Waals surface area contributed by atoms with Crippen molar-refractivity contribution in [2.24, 2.45) is 0 Å². The number of nitrogens with zero attached hydrogens (tertiary/aromatic N) is 1. The molecule has 5 heteroatoms. The predicted octanol–water partition coefficient (Wildman–Crippen LogP) is 4.79. The molecule has 2 aromatic carbocycles. The minimum absolute atomic E-state index is 0.0806. The van der Waals surface area contributed by atoms with E-state index in [2.05, 4.69) is 6.92 Å². The standard InChI is InChI=1S/C19H17F2NO2/c1-2-3-4-5-13-6-9-16(18(21)10-13)19(23)24-15-8-7-14(12-22)17(20)11-15/h6-11H,2-5H2,1H3. The number of aryl methyl sites for hydroxylation is 1. The van der Waals surface area contributed by atoms with Gasteiger partial charge in [0, 0.05) is 6.07 Å². The Labute approximate surface area is 139 Å². The van der Waals surface area contributed by atoms with E-state index in [1.807, 2.05) is 0 Å². The summed E-state index contributed by atoms with van der Waals surface area (Å²) in [7, 11) is 0. The molecule has 3 nitrogen and oxygen atoms in total. The molecule has 0 fully saturated rings. The van der Waals surface area contributed by atoms with Gasteiger partial charge in [-0.1, -0.05) is 25.8 Å². The van der Waals surface area contributed by atoms with E-state index in [1.54, 1.807) is 12.1 Å². The number of esters is 1. The predicted molar refractivity (Wildman–Crippen MR) is 85.7 cm³/mol. The van der Waals surface area contributed by atoms with Crippen molar-refractivity contribution in [2.75, 3.05) is 0 Å². The van der Waals surface area contributed by atoms with Crippen LogP contribution in [0.4, 0.5) is 8.78 Å². The summed E-state index contributed by atoms with van der Waals surface area (Å²) in [6.07, 6.45) is 3.86. The van der Waals surface area contributed by atoms with Gasteiger partial charge in [0.05, 0.1) is 11.1 Å². The van der Waals surface area contributed by atoms with Gasteiger partial charge in [-0.15, -0.1) is 0 Å². The summed E-state index contributed by atoms with van der Waals surface area (Å²) in [4.78, 5) is 12.0. The van der Waals surface area contributed by atoms with Gasteiger partial charge in [0.2, 0.25) is 0 Å². The summed E-state index contributed by atoms with van der Waals surface area (Å²) < 4.78 is 32.6. The summed E-state index contributed by atoms with van der Waals surface area (Å²) >= 11 is 0. The van der Waals surface area contributed by atoms with Crippen molar-refractivity contribution >= 4 is 5.97 Å². The fraction of sp³-hybridized carbons (Fsp3) is 0.263. The van der Waals surface area contributed by atoms with Gasteiger partial charge in [-0.3, -0.25) is 0 Å². The highest BCUT2D eigenvalue weighted by Gasteiger charge is 2.15. The Balaban J connectivity index is 2.09. The SMILES string of the molecule is CCCCCc1ccc(C(=O)Oc2ccc(C#N)c(F)c2)c(F)c1. The number of carbonyl (C=O) groups excluding carboxylic acids is 1. The second-order valence-electron chi connectivity index (χ2n) is 5.41. The van der Waals surface area contributed by atoms with Crippen molar-refractivity contribution in [1.82, 2.24) is 0 Å². The smallest absolute Gasteiger partial charge is 0.346 e.